The summed E-state index contributed by atoms with van der Waals surface area (Å²) in [7, 11) is 0. The van der Waals surface area contributed by atoms with Crippen LogP contribution in [0.3, 0.4) is 0 Å². The van der Waals surface area contributed by atoms with Gasteiger partial charge in [-0.2, -0.15) is 18.3 Å². The van der Waals surface area contributed by atoms with Crippen molar-refractivity contribution in [3.05, 3.63) is 53.3 Å². The van der Waals surface area contributed by atoms with Crippen LogP contribution in [-0.4, -0.2) is 15.8 Å². The number of benzene rings is 1. The Balaban J connectivity index is 2.47. The van der Waals surface area contributed by atoms with E-state index in [4.69, 9.17) is 5.73 Å². The lowest BCUT2D eigenvalue weighted by Crippen LogP contribution is -2.33. The minimum atomic E-state index is -4.45. The van der Waals surface area contributed by atoms with Gasteiger partial charge in [0, 0.05) is 12.2 Å². The second kappa shape index (κ2) is 5.89. The fraction of sp³-hybridized carbons (Fsp3) is 0.400. The maximum atomic E-state index is 12.7. The molecule has 21 heavy (non-hydrogen) atoms. The quantitative estimate of drug-likeness (QED) is 0.938. The number of nitrogens with two attached hydrogens (primary N) is 1. The van der Waals surface area contributed by atoms with Crippen LogP contribution in [0.25, 0.3) is 0 Å². The number of aryl methyl sites for hydroxylation is 1. The first-order valence-electron chi connectivity index (χ1n) is 6.78. The van der Waals surface area contributed by atoms with Gasteiger partial charge in [0.05, 0.1) is 6.04 Å². The van der Waals surface area contributed by atoms with E-state index >= 15 is 0 Å². The van der Waals surface area contributed by atoms with E-state index in [0.717, 1.165) is 17.2 Å². The summed E-state index contributed by atoms with van der Waals surface area (Å²) in [5, 5.41) is 3.68. The Morgan fingerprint density at radius 2 is 1.90 bits per heavy atom. The molecule has 0 aliphatic heterocycles. The molecule has 2 unspecified atom stereocenters. The van der Waals surface area contributed by atoms with Crippen LogP contribution in [0.4, 0.5) is 13.2 Å². The van der Waals surface area contributed by atoms with Gasteiger partial charge in [-0.15, -0.1) is 0 Å². The minimum absolute atomic E-state index is 0.313. The molecule has 0 saturated carbocycles. The highest BCUT2D eigenvalue weighted by Gasteiger charge is 2.35. The van der Waals surface area contributed by atoms with Gasteiger partial charge < -0.3 is 5.73 Å². The van der Waals surface area contributed by atoms with Gasteiger partial charge in [-0.1, -0.05) is 31.2 Å². The van der Waals surface area contributed by atoms with E-state index in [1.165, 1.54) is 10.9 Å². The van der Waals surface area contributed by atoms with Gasteiger partial charge in [-0.25, -0.2) is 0 Å². The monoisotopic (exact) mass is 297 g/mol. The van der Waals surface area contributed by atoms with Gasteiger partial charge >= 0.3 is 6.18 Å². The second-order valence-corrected chi connectivity index (χ2v) is 5.05. The maximum absolute atomic E-state index is 12.7. The summed E-state index contributed by atoms with van der Waals surface area (Å²) in [5.74, 6) is 0. The van der Waals surface area contributed by atoms with Crippen LogP contribution in [-0.2, 0) is 6.18 Å². The lowest BCUT2D eigenvalue weighted by atomic mass is 9.94. The highest BCUT2D eigenvalue weighted by atomic mass is 19.4. The van der Waals surface area contributed by atoms with E-state index in [1.807, 2.05) is 38.1 Å². The number of alkyl halides is 3. The van der Waals surface area contributed by atoms with Gasteiger partial charge in [-0.3, -0.25) is 4.68 Å². The molecule has 1 aromatic carbocycles. The third-order valence-corrected chi connectivity index (χ3v) is 3.57. The fourth-order valence-corrected chi connectivity index (χ4v) is 2.36. The standard InChI is InChI=1S/C15H18F3N3/c1-3-12(19)14(11-7-5-4-6-10(11)2)21-9-8-13(20-21)15(16,17)18/h4-9,12,14H,3,19H2,1-2H3. The van der Waals surface area contributed by atoms with Gasteiger partial charge in [0.2, 0.25) is 0 Å². The third kappa shape index (κ3) is 3.26. The van der Waals surface area contributed by atoms with Crippen LogP contribution in [0.15, 0.2) is 36.5 Å². The van der Waals surface area contributed by atoms with Gasteiger partial charge in [0.15, 0.2) is 5.69 Å². The van der Waals surface area contributed by atoms with Gasteiger partial charge in [0.1, 0.15) is 0 Å². The molecule has 0 saturated heterocycles. The average Bonchev–Trinajstić information content (AvgIpc) is 2.90. The Kier molecular flexibility index (Phi) is 4.37. The highest BCUT2D eigenvalue weighted by Crippen LogP contribution is 2.30. The molecule has 0 spiro atoms. The molecule has 0 amide bonds. The molecule has 0 radical (unpaired) electrons. The molecule has 0 aliphatic rings. The van der Waals surface area contributed by atoms with E-state index in [2.05, 4.69) is 5.10 Å². The Hall–Kier alpha value is -1.82. The van der Waals surface area contributed by atoms with Crippen LogP contribution < -0.4 is 5.73 Å². The molecule has 114 valence electrons. The van der Waals surface area contributed by atoms with Crippen molar-refractivity contribution < 1.29 is 13.2 Å². The lowest BCUT2D eigenvalue weighted by molar-refractivity contribution is -0.141. The number of rotatable bonds is 4. The predicted molar refractivity (Wildman–Crippen MR) is 74.8 cm³/mol. The summed E-state index contributed by atoms with van der Waals surface area (Å²) in [5.41, 5.74) is 7.10. The van der Waals surface area contributed by atoms with Crippen molar-refractivity contribution >= 4 is 0 Å². The first-order valence-corrected chi connectivity index (χ1v) is 6.78. The van der Waals surface area contributed by atoms with Crippen LogP contribution in [0.1, 0.15) is 36.2 Å². The van der Waals surface area contributed by atoms with Crippen molar-refractivity contribution in [2.24, 2.45) is 5.73 Å². The van der Waals surface area contributed by atoms with Crippen molar-refractivity contribution in [2.45, 2.75) is 38.5 Å². The summed E-state index contributed by atoms with van der Waals surface area (Å²) in [4.78, 5) is 0. The van der Waals surface area contributed by atoms with Crippen molar-refractivity contribution in [3.63, 3.8) is 0 Å². The normalized spacial score (nSPS) is 15.0. The van der Waals surface area contributed by atoms with Crippen molar-refractivity contribution in [3.8, 4) is 0 Å². The SMILES string of the molecule is CCC(N)C(c1ccccc1C)n1ccc(C(F)(F)F)n1. The minimum Gasteiger partial charge on any atom is -0.326 e. The Bertz CT molecular complexity index is 604. The number of nitrogens with zero attached hydrogens (tertiary/aromatic N) is 2. The van der Waals surface area contributed by atoms with Crippen LogP contribution in [0.2, 0.25) is 0 Å². The smallest absolute Gasteiger partial charge is 0.326 e. The Labute approximate surface area is 121 Å². The van der Waals surface area contributed by atoms with E-state index in [-0.39, 0.29) is 6.04 Å². The highest BCUT2D eigenvalue weighted by molar-refractivity contribution is 5.30. The molecule has 1 aromatic heterocycles. The van der Waals surface area contributed by atoms with Crippen LogP contribution in [0.5, 0.6) is 0 Å². The predicted octanol–water partition coefficient (Wildman–Crippen LogP) is 3.54. The lowest BCUT2D eigenvalue weighted by Gasteiger charge is -2.25. The van der Waals surface area contributed by atoms with E-state index in [0.29, 0.717) is 6.42 Å². The zero-order chi connectivity index (χ0) is 15.6. The number of hydrogen-bond acceptors (Lipinski definition) is 2. The summed E-state index contributed by atoms with van der Waals surface area (Å²) in [6.45, 7) is 3.82. The first kappa shape index (κ1) is 15.6. The molecule has 2 rings (SSSR count). The summed E-state index contributed by atoms with van der Waals surface area (Å²) in [6.07, 6.45) is -2.46. The van der Waals surface area contributed by atoms with Gasteiger partial charge in [0.25, 0.3) is 0 Å². The Morgan fingerprint density at radius 1 is 1.24 bits per heavy atom. The molecule has 1 heterocycles. The second-order valence-electron chi connectivity index (χ2n) is 5.05. The largest absolute Gasteiger partial charge is 0.435 e. The average molecular weight is 297 g/mol. The summed E-state index contributed by atoms with van der Waals surface area (Å²) >= 11 is 0. The zero-order valence-electron chi connectivity index (χ0n) is 11.9. The molecule has 2 aromatic rings. The number of hydrogen-bond donors (Lipinski definition) is 1. The molecule has 0 bridgehead atoms. The van der Waals surface area contributed by atoms with Crippen molar-refractivity contribution in [2.75, 3.05) is 0 Å². The third-order valence-electron chi connectivity index (χ3n) is 3.57. The molecule has 0 aliphatic carbocycles. The fourth-order valence-electron chi connectivity index (χ4n) is 2.36. The summed E-state index contributed by atoms with van der Waals surface area (Å²) < 4.78 is 39.5. The molecule has 0 fully saturated rings. The van der Waals surface area contributed by atoms with E-state index < -0.39 is 17.9 Å². The number of halogens is 3. The van der Waals surface area contributed by atoms with Crippen molar-refractivity contribution in [1.29, 1.82) is 0 Å². The number of aromatic nitrogens is 2. The summed E-state index contributed by atoms with van der Waals surface area (Å²) in [6, 6.07) is 7.79. The molecule has 2 N–H and O–H groups in total. The molecule has 2 atom stereocenters. The maximum Gasteiger partial charge on any atom is 0.435 e. The zero-order valence-corrected chi connectivity index (χ0v) is 11.9. The molecular formula is C15H18F3N3. The van der Waals surface area contributed by atoms with E-state index in [1.54, 1.807) is 0 Å². The van der Waals surface area contributed by atoms with Crippen molar-refractivity contribution in [1.82, 2.24) is 9.78 Å². The van der Waals surface area contributed by atoms with Crippen LogP contribution >= 0.6 is 0 Å². The first-order chi connectivity index (χ1) is 9.84. The molecular weight excluding hydrogens is 279 g/mol. The van der Waals surface area contributed by atoms with Crippen LogP contribution in [0, 0.1) is 6.92 Å². The van der Waals surface area contributed by atoms with Gasteiger partial charge in [-0.05, 0) is 30.5 Å². The molecule has 6 heteroatoms. The Morgan fingerprint density at radius 3 is 2.43 bits per heavy atom. The topological polar surface area (TPSA) is 43.8 Å². The molecule has 3 nitrogen and oxygen atoms in total. The van der Waals surface area contributed by atoms with E-state index in [9.17, 15) is 13.2 Å².